The highest BCUT2D eigenvalue weighted by molar-refractivity contribution is 7.59. The first-order valence-electron chi connectivity index (χ1n) is 5.46. The number of aryl methyl sites for hydroxylation is 2. The van der Waals surface area contributed by atoms with Crippen LogP contribution >= 0.6 is 7.37 Å². The normalized spacial score (nSPS) is 14.2. The fraction of sp³-hybridized carbons (Fsp3) is 0.667. The zero-order chi connectivity index (χ0) is 19.8. The van der Waals surface area contributed by atoms with Gasteiger partial charge in [-0.3, -0.25) is 0 Å². The SMILES string of the molecule is Cn1cc[n+](C)c1.O=P([O-])(C(F)(F)C(F)(F)F)C(F)(F)C(F)(F)F. The molecule has 0 bridgehead atoms. The third-order valence-electron chi connectivity index (χ3n) is 2.32. The highest BCUT2D eigenvalue weighted by Gasteiger charge is 2.78. The van der Waals surface area contributed by atoms with Gasteiger partial charge in [-0.25, -0.2) is 9.13 Å². The number of aromatic nitrogens is 2. The molecule has 0 N–H and O–H groups in total. The van der Waals surface area contributed by atoms with Crippen molar-refractivity contribution in [2.75, 3.05) is 0 Å². The van der Waals surface area contributed by atoms with Crippen LogP contribution in [0, 0.1) is 0 Å². The average Bonchev–Trinajstić information content (AvgIpc) is 2.70. The predicted molar refractivity (Wildman–Crippen MR) is 56.2 cm³/mol. The van der Waals surface area contributed by atoms with Crippen LogP contribution in [-0.4, -0.2) is 28.2 Å². The Hall–Kier alpha value is -1.30. The molecule has 0 amide bonds. The maximum absolute atomic E-state index is 12.1. The fourth-order valence-corrected chi connectivity index (χ4v) is 2.11. The van der Waals surface area contributed by atoms with Gasteiger partial charge in [0.15, 0.2) is 7.37 Å². The molecule has 0 spiro atoms. The van der Waals surface area contributed by atoms with E-state index in [0.717, 1.165) is 0 Å². The van der Waals surface area contributed by atoms with Crippen LogP contribution in [0.25, 0.3) is 0 Å². The van der Waals surface area contributed by atoms with E-state index in [0.29, 0.717) is 0 Å². The van der Waals surface area contributed by atoms with Gasteiger partial charge in [0.2, 0.25) is 6.33 Å². The number of halogens is 10. The second-order valence-corrected chi connectivity index (χ2v) is 6.60. The van der Waals surface area contributed by atoms with Gasteiger partial charge >= 0.3 is 23.7 Å². The number of hydrogen-bond acceptors (Lipinski definition) is 2. The van der Waals surface area contributed by atoms with Crippen molar-refractivity contribution >= 4 is 7.37 Å². The Labute approximate surface area is 127 Å². The molecule has 0 aromatic carbocycles. The summed E-state index contributed by atoms with van der Waals surface area (Å²) in [6.45, 7) is 0. The molecule has 24 heavy (non-hydrogen) atoms. The third kappa shape index (κ3) is 4.21. The fourth-order valence-electron chi connectivity index (χ4n) is 1.08. The number of nitrogens with zero attached hydrogens (tertiary/aromatic N) is 2. The molecule has 1 heterocycles. The lowest BCUT2D eigenvalue weighted by atomic mass is 10.7. The molecule has 1 aromatic heterocycles. The number of alkyl halides is 10. The highest BCUT2D eigenvalue weighted by atomic mass is 31.2. The molecule has 0 aliphatic carbocycles. The van der Waals surface area contributed by atoms with E-state index in [1.165, 1.54) is 0 Å². The van der Waals surface area contributed by atoms with Crippen molar-refractivity contribution in [2.24, 2.45) is 14.1 Å². The van der Waals surface area contributed by atoms with Gasteiger partial charge in [0.1, 0.15) is 12.4 Å². The van der Waals surface area contributed by atoms with Crippen LogP contribution in [0.5, 0.6) is 0 Å². The molecule has 1 rings (SSSR count). The van der Waals surface area contributed by atoms with Gasteiger partial charge in [0, 0.05) is 0 Å². The molecule has 0 saturated heterocycles. The van der Waals surface area contributed by atoms with E-state index in [4.69, 9.17) is 0 Å². The molecule has 0 fully saturated rings. The van der Waals surface area contributed by atoms with Crippen molar-refractivity contribution in [1.29, 1.82) is 0 Å². The molecule has 1 aromatic rings. The first-order valence-corrected chi connectivity index (χ1v) is 7.09. The van der Waals surface area contributed by atoms with Gasteiger partial charge in [-0.2, -0.15) is 43.9 Å². The summed E-state index contributed by atoms with van der Waals surface area (Å²) in [6, 6.07) is 0. The molecule has 15 heteroatoms. The topological polar surface area (TPSA) is 48.9 Å². The highest BCUT2D eigenvalue weighted by Crippen LogP contribution is 2.72. The Bertz CT molecular complexity index is 560. The van der Waals surface area contributed by atoms with Crippen LogP contribution < -0.4 is 9.46 Å². The van der Waals surface area contributed by atoms with E-state index in [9.17, 15) is 53.4 Å². The second kappa shape index (κ2) is 6.54. The number of rotatable bonds is 2. The van der Waals surface area contributed by atoms with Crippen LogP contribution in [0.3, 0.4) is 0 Å². The average molecular weight is 398 g/mol. The first-order chi connectivity index (χ1) is 10.3. The summed E-state index contributed by atoms with van der Waals surface area (Å²) < 4.78 is 131. The lowest BCUT2D eigenvalue weighted by Crippen LogP contribution is -2.50. The van der Waals surface area contributed by atoms with Crippen LogP contribution in [0.2, 0.25) is 0 Å². The Morgan fingerprint density at radius 2 is 1.25 bits per heavy atom. The summed E-state index contributed by atoms with van der Waals surface area (Å²) in [5, 5.41) is 0. The van der Waals surface area contributed by atoms with E-state index in [1.807, 2.05) is 42.0 Å². The van der Waals surface area contributed by atoms with Crippen LogP contribution in [-0.2, 0) is 18.7 Å². The Morgan fingerprint density at radius 1 is 0.917 bits per heavy atom. The molecule has 0 unspecified atom stereocenters. The minimum atomic E-state index is -8.51. The minimum Gasteiger partial charge on any atom is -0.790 e. The molecule has 0 aliphatic rings. The largest absolute Gasteiger partial charge is 0.790 e. The summed E-state index contributed by atoms with van der Waals surface area (Å²) in [4.78, 5) is 10.1. The summed E-state index contributed by atoms with van der Waals surface area (Å²) in [7, 11) is -4.51. The smallest absolute Gasteiger partial charge is 0.459 e. The van der Waals surface area contributed by atoms with Crippen LogP contribution in [0.4, 0.5) is 43.9 Å². The molecule has 0 saturated carbocycles. The van der Waals surface area contributed by atoms with Crippen molar-refractivity contribution in [1.82, 2.24) is 4.57 Å². The zero-order valence-corrected chi connectivity index (χ0v) is 12.6. The maximum atomic E-state index is 12.1. The molecule has 4 nitrogen and oxygen atoms in total. The van der Waals surface area contributed by atoms with E-state index in [2.05, 4.69) is 0 Å². The van der Waals surface area contributed by atoms with Crippen LogP contribution in [0.1, 0.15) is 0 Å². The monoisotopic (exact) mass is 398 g/mol. The predicted octanol–water partition coefficient (Wildman–Crippen LogP) is 2.78. The van der Waals surface area contributed by atoms with Gasteiger partial charge in [-0.1, -0.05) is 0 Å². The van der Waals surface area contributed by atoms with E-state index in [1.54, 1.807) is 0 Å². The third-order valence-corrected chi connectivity index (χ3v) is 4.31. The molecule has 142 valence electrons. The van der Waals surface area contributed by atoms with Crippen molar-refractivity contribution in [3.63, 3.8) is 0 Å². The van der Waals surface area contributed by atoms with Gasteiger partial charge in [-0.15, -0.1) is 0 Å². The van der Waals surface area contributed by atoms with E-state index >= 15 is 0 Å². The summed E-state index contributed by atoms with van der Waals surface area (Å²) in [6.07, 6.45) is -8.17. The summed E-state index contributed by atoms with van der Waals surface area (Å²) in [5.74, 6) is 0. The number of hydrogen-bond donors (Lipinski definition) is 0. The molecular weight excluding hydrogens is 389 g/mol. The summed E-state index contributed by atoms with van der Waals surface area (Å²) in [5.41, 5.74) is -14.4. The van der Waals surface area contributed by atoms with Crippen molar-refractivity contribution in [3.05, 3.63) is 18.7 Å². The lowest BCUT2D eigenvalue weighted by molar-refractivity contribution is -0.670. The van der Waals surface area contributed by atoms with Crippen molar-refractivity contribution in [3.8, 4) is 0 Å². The summed E-state index contributed by atoms with van der Waals surface area (Å²) >= 11 is 0. The Balaban J connectivity index is 0.000000620. The van der Waals surface area contributed by atoms with Crippen molar-refractivity contribution < 1.29 is 57.9 Å². The van der Waals surface area contributed by atoms with Gasteiger partial charge in [0.25, 0.3) is 0 Å². The number of imidazole rings is 1. The van der Waals surface area contributed by atoms with Crippen molar-refractivity contribution in [2.45, 2.75) is 23.7 Å². The standard InChI is InChI=1S/C5H9N2.C4HF10O2P/c1-6-3-4-7(2)5-6;5-1(6,7)3(11,12)17(15,16)4(13,14)2(8,9)10/h3-5H,1-2H3;(H,15,16)/q+1;/p-1. The quantitative estimate of drug-likeness (QED) is 0.437. The molecule has 0 radical (unpaired) electrons. The lowest BCUT2D eigenvalue weighted by Gasteiger charge is -2.38. The Kier molecular flexibility index (Phi) is 6.19. The first kappa shape index (κ1) is 22.7. The molecular formula is C9H9F10N2O2P. The minimum absolute atomic E-state index is 2.00. The maximum Gasteiger partial charge on any atom is 0.459 e. The zero-order valence-electron chi connectivity index (χ0n) is 11.7. The van der Waals surface area contributed by atoms with E-state index < -0.39 is 31.0 Å². The molecule has 0 aliphatic heterocycles. The van der Waals surface area contributed by atoms with Gasteiger partial charge in [-0.05, 0) is 0 Å². The second-order valence-electron chi connectivity index (χ2n) is 4.37. The Morgan fingerprint density at radius 3 is 1.38 bits per heavy atom. The van der Waals surface area contributed by atoms with E-state index in [-0.39, 0.29) is 0 Å². The van der Waals surface area contributed by atoms with Gasteiger partial charge < -0.3 is 9.46 Å². The van der Waals surface area contributed by atoms with Gasteiger partial charge in [0.05, 0.1) is 14.1 Å². The molecule has 0 atom stereocenters. The van der Waals surface area contributed by atoms with Crippen LogP contribution in [0.15, 0.2) is 18.7 Å².